The van der Waals surface area contributed by atoms with Crippen LogP contribution in [0.5, 0.6) is 5.75 Å². The molecule has 0 bridgehead atoms. The van der Waals surface area contributed by atoms with Crippen LogP contribution in [0.2, 0.25) is 0 Å². The standard InChI is InChI=1S/C30H42N4O6S2/c1-16-12-19(35)13-17(2)20(16)15-21(31)25(36)33-23(29(3,4)41)27(38)32-22(14-18-10-8-7-9-11-18)26(37)34-24(28(39)40)30(5,6)42/h7-13,21-24,35,41-42H,14-15,31H2,1-6H3,(H,32,38)(H,33,36)(H,34,37)(H,39,40)/t21-,22-,23-,24+/m0/s1. The molecule has 0 radical (unpaired) electrons. The van der Waals surface area contributed by atoms with Gasteiger partial charge in [0.25, 0.3) is 0 Å². The maximum Gasteiger partial charge on any atom is 0.327 e. The van der Waals surface area contributed by atoms with E-state index in [-0.39, 0.29) is 18.6 Å². The Hall–Kier alpha value is -3.22. The molecule has 0 saturated heterocycles. The second kappa shape index (κ2) is 14.3. The minimum atomic E-state index is -1.34. The summed E-state index contributed by atoms with van der Waals surface area (Å²) < 4.78 is -2.18. The first kappa shape index (κ1) is 35.0. The molecule has 0 spiro atoms. The summed E-state index contributed by atoms with van der Waals surface area (Å²) in [5.74, 6) is -3.18. The molecule has 230 valence electrons. The summed E-state index contributed by atoms with van der Waals surface area (Å²) in [6, 6.07) is 7.34. The molecule has 2 aromatic rings. The minimum absolute atomic E-state index is 0.0599. The maximum absolute atomic E-state index is 13.6. The molecule has 12 heteroatoms. The van der Waals surface area contributed by atoms with Crippen molar-refractivity contribution in [2.45, 2.75) is 88.0 Å². The van der Waals surface area contributed by atoms with Crippen molar-refractivity contribution in [1.29, 1.82) is 0 Å². The fourth-order valence-electron chi connectivity index (χ4n) is 4.51. The average molecular weight is 619 g/mol. The lowest BCUT2D eigenvalue weighted by Crippen LogP contribution is -2.62. The number of nitrogens with one attached hydrogen (secondary N) is 3. The summed E-state index contributed by atoms with van der Waals surface area (Å²) in [5, 5.41) is 27.4. The second-order valence-corrected chi connectivity index (χ2v) is 14.0. The van der Waals surface area contributed by atoms with Crippen molar-refractivity contribution in [3.63, 3.8) is 0 Å². The number of carboxylic acid groups (broad SMARTS) is 1. The van der Waals surface area contributed by atoms with Gasteiger partial charge in [-0.2, -0.15) is 25.3 Å². The van der Waals surface area contributed by atoms with E-state index >= 15 is 0 Å². The van der Waals surface area contributed by atoms with Crippen LogP contribution in [-0.2, 0) is 32.0 Å². The Bertz CT molecular complexity index is 1270. The van der Waals surface area contributed by atoms with Gasteiger partial charge in [0.05, 0.1) is 6.04 Å². The molecule has 0 aliphatic carbocycles. The van der Waals surface area contributed by atoms with Crippen LogP contribution in [0.3, 0.4) is 0 Å². The number of benzene rings is 2. The molecule has 7 N–H and O–H groups in total. The topological polar surface area (TPSA) is 171 Å². The average Bonchev–Trinajstić information content (AvgIpc) is 2.85. The predicted octanol–water partition coefficient (Wildman–Crippen LogP) is 2.08. The van der Waals surface area contributed by atoms with Gasteiger partial charge in [-0.15, -0.1) is 0 Å². The number of hydrogen-bond acceptors (Lipinski definition) is 8. The van der Waals surface area contributed by atoms with E-state index < -0.39 is 57.4 Å². The van der Waals surface area contributed by atoms with E-state index in [4.69, 9.17) is 5.73 Å². The zero-order valence-corrected chi connectivity index (χ0v) is 26.6. The maximum atomic E-state index is 13.6. The lowest BCUT2D eigenvalue weighted by Gasteiger charge is -2.33. The molecule has 0 fully saturated rings. The van der Waals surface area contributed by atoms with E-state index in [0.29, 0.717) is 0 Å². The van der Waals surface area contributed by atoms with Crippen LogP contribution in [-0.4, -0.2) is 67.6 Å². The smallest absolute Gasteiger partial charge is 0.327 e. The zero-order valence-electron chi connectivity index (χ0n) is 24.8. The van der Waals surface area contributed by atoms with Gasteiger partial charge in [0.15, 0.2) is 0 Å². The van der Waals surface area contributed by atoms with E-state index in [1.54, 1.807) is 84.0 Å². The Labute approximate surface area is 258 Å². The first-order valence-corrected chi connectivity index (χ1v) is 14.4. The number of carboxylic acids is 1. The fraction of sp³-hybridized carbons (Fsp3) is 0.467. The number of thiol groups is 2. The highest BCUT2D eigenvalue weighted by molar-refractivity contribution is 7.82. The molecule has 42 heavy (non-hydrogen) atoms. The number of rotatable bonds is 13. The zero-order chi connectivity index (χ0) is 32.0. The molecule has 3 amide bonds. The number of phenolic OH excluding ortho intramolecular Hbond substituents is 1. The molecule has 4 atom stereocenters. The molecule has 0 unspecified atom stereocenters. The largest absolute Gasteiger partial charge is 0.508 e. The van der Waals surface area contributed by atoms with Crippen molar-refractivity contribution < 1.29 is 29.4 Å². The molecule has 10 nitrogen and oxygen atoms in total. The Morgan fingerprint density at radius 1 is 0.810 bits per heavy atom. The Balaban J connectivity index is 2.30. The molecule has 0 saturated carbocycles. The van der Waals surface area contributed by atoms with Gasteiger partial charge >= 0.3 is 5.97 Å². The third kappa shape index (κ3) is 9.95. The predicted molar refractivity (Wildman–Crippen MR) is 169 cm³/mol. The lowest BCUT2D eigenvalue weighted by atomic mass is 9.95. The highest BCUT2D eigenvalue weighted by atomic mass is 32.1. The van der Waals surface area contributed by atoms with Crippen molar-refractivity contribution in [3.05, 3.63) is 64.7 Å². The normalized spacial score (nSPS) is 14.7. The van der Waals surface area contributed by atoms with Crippen LogP contribution in [0.1, 0.15) is 49.9 Å². The highest BCUT2D eigenvalue weighted by Gasteiger charge is 2.39. The fourth-order valence-corrected chi connectivity index (χ4v) is 4.87. The molecule has 2 rings (SSSR count). The van der Waals surface area contributed by atoms with Crippen LogP contribution in [0.4, 0.5) is 0 Å². The number of phenols is 1. The van der Waals surface area contributed by atoms with Gasteiger partial charge in [0.2, 0.25) is 17.7 Å². The Morgan fingerprint density at radius 3 is 1.79 bits per heavy atom. The van der Waals surface area contributed by atoms with Gasteiger partial charge in [-0.3, -0.25) is 14.4 Å². The van der Waals surface area contributed by atoms with Crippen LogP contribution in [0.15, 0.2) is 42.5 Å². The number of aryl methyl sites for hydroxylation is 2. The number of aliphatic carboxylic acids is 1. The summed E-state index contributed by atoms with van der Waals surface area (Å²) in [4.78, 5) is 52.0. The van der Waals surface area contributed by atoms with Crippen molar-refractivity contribution in [2.24, 2.45) is 5.73 Å². The van der Waals surface area contributed by atoms with E-state index in [0.717, 1.165) is 22.3 Å². The number of carbonyl (C=O) groups excluding carboxylic acids is 3. The van der Waals surface area contributed by atoms with Crippen LogP contribution in [0.25, 0.3) is 0 Å². The quantitative estimate of drug-likeness (QED) is 0.159. The van der Waals surface area contributed by atoms with Crippen molar-refractivity contribution in [3.8, 4) is 5.75 Å². The third-order valence-corrected chi connectivity index (χ3v) is 7.37. The SMILES string of the molecule is Cc1cc(O)cc(C)c1C[C@H](N)C(=O)N[C@@H](C(=O)N[C@@H](Cc1ccccc1)C(=O)N[C@H](C(=O)O)C(C)(C)S)C(C)(C)S. The van der Waals surface area contributed by atoms with Crippen molar-refractivity contribution >= 4 is 48.9 Å². The minimum Gasteiger partial charge on any atom is -0.508 e. The number of amides is 3. The Morgan fingerprint density at radius 2 is 1.31 bits per heavy atom. The summed E-state index contributed by atoms with van der Waals surface area (Å²) in [7, 11) is 0. The summed E-state index contributed by atoms with van der Waals surface area (Å²) >= 11 is 8.85. The van der Waals surface area contributed by atoms with Gasteiger partial charge in [-0.25, -0.2) is 4.79 Å². The van der Waals surface area contributed by atoms with Crippen LogP contribution >= 0.6 is 25.3 Å². The first-order chi connectivity index (χ1) is 19.3. The molecule has 2 aromatic carbocycles. The monoisotopic (exact) mass is 618 g/mol. The van der Waals surface area contributed by atoms with E-state index in [2.05, 4.69) is 41.2 Å². The summed E-state index contributed by atoms with van der Waals surface area (Å²) in [5.41, 5.74) is 9.32. The van der Waals surface area contributed by atoms with E-state index in [1.807, 2.05) is 0 Å². The molecular weight excluding hydrogens is 576 g/mol. The van der Waals surface area contributed by atoms with Crippen LogP contribution < -0.4 is 21.7 Å². The Kier molecular flexibility index (Phi) is 11.9. The number of hydrogen-bond donors (Lipinski definition) is 8. The van der Waals surface area contributed by atoms with Gasteiger partial charge < -0.3 is 31.9 Å². The highest BCUT2D eigenvalue weighted by Crippen LogP contribution is 2.23. The van der Waals surface area contributed by atoms with Crippen molar-refractivity contribution in [1.82, 2.24) is 16.0 Å². The van der Waals surface area contributed by atoms with E-state index in [1.165, 1.54) is 0 Å². The van der Waals surface area contributed by atoms with Crippen molar-refractivity contribution in [2.75, 3.05) is 0 Å². The second-order valence-electron chi connectivity index (χ2n) is 11.6. The molecule has 0 aliphatic heterocycles. The number of nitrogens with two attached hydrogens (primary N) is 1. The number of aromatic hydroxyl groups is 1. The van der Waals surface area contributed by atoms with Gasteiger partial charge in [-0.1, -0.05) is 30.3 Å². The van der Waals surface area contributed by atoms with E-state index in [9.17, 15) is 29.4 Å². The number of carbonyl (C=O) groups is 4. The lowest BCUT2D eigenvalue weighted by molar-refractivity contribution is -0.143. The molecule has 0 heterocycles. The third-order valence-electron chi connectivity index (χ3n) is 6.85. The molecule has 0 aromatic heterocycles. The summed E-state index contributed by atoms with van der Waals surface area (Å²) in [6.45, 7) is 9.99. The first-order valence-electron chi connectivity index (χ1n) is 13.5. The van der Waals surface area contributed by atoms with Gasteiger partial charge in [0, 0.05) is 15.9 Å². The van der Waals surface area contributed by atoms with Gasteiger partial charge in [-0.05, 0) is 82.3 Å². The van der Waals surface area contributed by atoms with Gasteiger partial charge in [0.1, 0.15) is 23.9 Å². The van der Waals surface area contributed by atoms with Crippen LogP contribution in [0, 0.1) is 13.8 Å². The summed E-state index contributed by atoms with van der Waals surface area (Å²) in [6.07, 6.45) is 0.227. The molecular formula is C30H42N4O6S2. The molecule has 0 aliphatic rings.